The lowest BCUT2D eigenvalue weighted by molar-refractivity contribution is -0.126. The average molecular weight is 426 g/mol. The highest BCUT2D eigenvalue weighted by atomic mass is 32.2. The number of nitrogens with one attached hydrogen (secondary N) is 1. The Balaban J connectivity index is 1.68. The molecule has 1 atom stereocenters. The van der Waals surface area contributed by atoms with Gasteiger partial charge in [0.1, 0.15) is 6.04 Å². The number of hydrogen-bond donors (Lipinski definition) is 1. The topological polar surface area (TPSA) is 52.7 Å². The minimum atomic E-state index is -0.569. The van der Waals surface area contributed by atoms with Gasteiger partial charge in [-0.1, -0.05) is 30.3 Å². The van der Waals surface area contributed by atoms with Crippen LogP contribution in [0, 0.1) is 0 Å². The Kier molecular flexibility index (Phi) is 7.08. The minimum absolute atomic E-state index is 0.0143. The third-order valence-corrected chi connectivity index (χ3v) is 6.57. The molecule has 1 unspecified atom stereocenters. The first-order valence-electron chi connectivity index (χ1n) is 10.5. The molecule has 0 aromatic heterocycles. The second-order valence-corrected chi connectivity index (χ2v) is 9.90. The Morgan fingerprint density at radius 3 is 2.53 bits per heavy atom. The molecule has 2 aromatic carbocycles. The quantitative estimate of drug-likeness (QED) is 0.718. The van der Waals surface area contributed by atoms with Crippen molar-refractivity contribution in [2.45, 2.75) is 49.8 Å². The number of carbonyl (C=O) groups excluding carboxylic acids is 2. The molecule has 1 aliphatic heterocycles. The third-order valence-electron chi connectivity index (χ3n) is 5.31. The van der Waals surface area contributed by atoms with Gasteiger partial charge in [-0.15, -0.1) is 11.8 Å². The van der Waals surface area contributed by atoms with Crippen molar-refractivity contribution in [2.24, 2.45) is 0 Å². The van der Waals surface area contributed by atoms with Gasteiger partial charge in [0.25, 0.3) is 0 Å². The maximum absolute atomic E-state index is 13.1. The van der Waals surface area contributed by atoms with Gasteiger partial charge in [-0.2, -0.15) is 0 Å². The number of rotatable bonds is 7. The van der Waals surface area contributed by atoms with Crippen LogP contribution in [-0.2, 0) is 9.59 Å². The molecule has 0 saturated carbocycles. The largest absolute Gasteiger partial charge is 0.370 e. The number of nitrogens with zero attached hydrogens (tertiary/aromatic N) is 2. The molecular formula is C24H31N3O2S. The highest BCUT2D eigenvalue weighted by Gasteiger charge is 2.37. The first-order valence-corrected chi connectivity index (χ1v) is 11.3. The minimum Gasteiger partial charge on any atom is -0.370 e. The van der Waals surface area contributed by atoms with Crippen LogP contribution in [0.25, 0.3) is 0 Å². The van der Waals surface area contributed by atoms with E-state index >= 15 is 0 Å². The zero-order valence-corrected chi connectivity index (χ0v) is 19.0. The van der Waals surface area contributed by atoms with Crippen molar-refractivity contribution >= 4 is 35.0 Å². The number of likely N-dealkylation sites (N-methyl/N-ethyl adjacent to an activating group) is 1. The predicted molar refractivity (Wildman–Crippen MR) is 125 cm³/mol. The molecule has 2 amide bonds. The maximum Gasteiger partial charge on any atom is 0.242 e. The second-order valence-electron chi connectivity index (χ2n) is 8.15. The van der Waals surface area contributed by atoms with Gasteiger partial charge >= 0.3 is 0 Å². The summed E-state index contributed by atoms with van der Waals surface area (Å²) in [4.78, 5) is 30.9. The van der Waals surface area contributed by atoms with Crippen LogP contribution in [0.4, 0.5) is 11.4 Å². The van der Waals surface area contributed by atoms with Crippen LogP contribution in [0.15, 0.2) is 59.5 Å². The molecule has 6 heteroatoms. The van der Waals surface area contributed by atoms with Crippen molar-refractivity contribution in [2.75, 3.05) is 29.4 Å². The van der Waals surface area contributed by atoms with Gasteiger partial charge in [0.05, 0.1) is 5.69 Å². The summed E-state index contributed by atoms with van der Waals surface area (Å²) in [6.45, 7) is 10.2. The van der Waals surface area contributed by atoms with Crippen molar-refractivity contribution < 1.29 is 9.59 Å². The molecule has 3 rings (SSSR count). The summed E-state index contributed by atoms with van der Waals surface area (Å²) in [6, 6.07) is 17.4. The number of carbonyl (C=O) groups is 2. The fraction of sp³-hybridized carbons (Fsp3) is 0.417. The molecule has 30 heavy (non-hydrogen) atoms. The van der Waals surface area contributed by atoms with Gasteiger partial charge < -0.3 is 10.2 Å². The average Bonchev–Trinajstić information content (AvgIpc) is 2.82. The molecule has 1 aliphatic rings. The normalized spacial score (nSPS) is 16.4. The lowest BCUT2D eigenvalue weighted by Crippen LogP contribution is -2.50. The molecule has 0 spiro atoms. The summed E-state index contributed by atoms with van der Waals surface area (Å²) in [5, 5.41) is 3.03. The first-order chi connectivity index (χ1) is 14.3. The van der Waals surface area contributed by atoms with Crippen LogP contribution >= 0.6 is 11.8 Å². The number of hydrogen-bond acceptors (Lipinski definition) is 4. The third kappa shape index (κ3) is 5.17. The van der Waals surface area contributed by atoms with E-state index in [9.17, 15) is 9.59 Å². The van der Waals surface area contributed by atoms with Gasteiger partial charge in [0.2, 0.25) is 11.8 Å². The van der Waals surface area contributed by atoms with Crippen molar-refractivity contribution in [3.63, 3.8) is 0 Å². The SMILES string of the molecule is CCN(CCNC(=O)C(C)N1C(=O)CC(C)(C)Sc2ccccc21)c1ccccc1. The lowest BCUT2D eigenvalue weighted by Gasteiger charge is -2.29. The molecule has 2 aromatic rings. The Labute approximate surface area is 183 Å². The number of amides is 2. The fourth-order valence-electron chi connectivity index (χ4n) is 3.77. The standard InChI is InChI=1S/C24H31N3O2S/c1-5-26(19-11-7-6-8-12-19)16-15-25-23(29)18(2)27-20-13-9-10-14-21(20)30-24(3,4)17-22(27)28/h6-14,18H,5,15-17H2,1-4H3,(H,25,29). The molecule has 1 N–H and O–H groups in total. The van der Waals surface area contributed by atoms with E-state index in [1.54, 1.807) is 16.7 Å². The Hall–Kier alpha value is -2.47. The fourth-order valence-corrected chi connectivity index (χ4v) is 4.98. The maximum atomic E-state index is 13.1. The van der Waals surface area contributed by atoms with Gasteiger partial charge in [-0.3, -0.25) is 14.5 Å². The van der Waals surface area contributed by atoms with Crippen molar-refractivity contribution in [3.8, 4) is 0 Å². The van der Waals surface area contributed by atoms with E-state index in [0.29, 0.717) is 19.5 Å². The van der Waals surface area contributed by atoms with Crippen molar-refractivity contribution in [1.29, 1.82) is 0 Å². The van der Waals surface area contributed by atoms with Gasteiger partial charge in [-0.05, 0) is 52.0 Å². The van der Waals surface area contributed by atoms with Gasteiger partial charge in [-0.25, -0.2) is 0 Å². The van der Waals surface area contributed by atoms with Gasteiger partial charge in [0.15, 0.2) is 0 Å². The van der Waals surface area contributed by atoms with Crippen LogP contribution in [-0.4, -0.2) is 42.2 Å². The molecule has 0 radical (unpaired) electrons. The Morgan fingerprint density at radius 2 is 1.83 bits per heavy atom. The van der Waals surface area contributed by atoms with E-state index in [1.165, 1.54) is 0 Å². The monoisotopic (exact) mass is 425 g/mol. The molecule has 0 bridgehead atoms. The number of anilines is 2. The van der Waals surface area contributed by atoms with E-state index in [2.05, 4.69) is 43.1 Å². The Bertz CT molecular complexity index is 885. The molecule has 0 fully saturated rings. The highest BCUT2D eigenvalue weighted by Crippen LogP contribution is 2.44. The van der Waals surface area contributed by atoms with Crippen LogP contribution in [0.5, 0.6) is 0 Å². The summed E-state index contributed by atoms with van der Waals surface area (Å²) in [5.74, 6) is -0.147. The molecular weight excluding hydrogens is 394 g/mol. The van der Waals surface area contributed by atoms with Gasteiger partial charge in [0, 0.05) is 41.4 Å². The van der Waals surface area contributed by atoms with E-state index < -0.39 is 6.04 Å². The van der Waals surface area contributed by atoms with Crippen LogP contribution in [0.1, 0.15) is 34.1 Å². The van der Waals surface area contributed by atoms with Crippen LogP contribution < -0.4 is 15.1 Å². The molecule has 160 valence electrons. The van der Waals surface area contributed by atoms with Crippen molar-refractivity contribution in [1.82, 2.24) is 5.32 Å². The molecule has 1 heterocycles. The Morgan fingerprint density at radius 1 is 1.17 bits per heavy atom. The smallest absolute Gasteiger partial charge is 0.242 e. The predicted octanol–water partition coefficient (Wildman–Crippen LogP) is 4.33. The summed E-state index contributed by atoms with van der Waals surface area (Å²) < 4.78 is -0.213. The van der Waals surface area contributed by atoms with E-state index in [0.717, 1.165) is 22.8 Å². The number of fused-ring (bicyclic) bond motifs is 1. The highest BCUT2D eigenvalue weighted by molar-refractivity contribution is 8.00. The number of thioether (sulfide) groups is 1. The van der Waals surface area contributed by atoms with E-state index in [-0.39, 0.29) is 16.6 Å². The zero-order chi connectivity index (χ0) is 21.7. The lowest BCUT2D eigenvalue weighted by atomic mass is 10.1. The number of para-hydroxylation sites is 2. The molecule has 0 saturated heterocycles. The van der Waals surface area contributed by atoms with Crippen LogP contribution in [0.2, 0.25) is 0 Å². The summed E-state index contributed by atoms with van der Waals surface area (Å²) in [5.41, 5.74) is 1.96. The summed E-state index contributed by atoms with van der Waals surface area (Å²) in [6.07, 6.45) is 0.390. The summed E-state index contributed by atoms with van der Waals surface area (Å²) in [7, 11) is 0. The van der Waals surface area contributed by atoms with Crippen LogP contribution in [0.3, 0.4) is 0 Å². The second kappa shape index (κ2) is 9.56. The molecule has 5 nitrogen and oxygen atoms in total. The van der Waals surface area contributed by atoms with Crippen molar-refractivity contribution in [3.05, 3.63) is 54.6 Å². The summed E-state index contributed by atoms with van der Waals surface area (Å²) >= 11 is 1.69. The first kappa shape index (κ1) is 22.2. The number of benzene rings is 2. The zero-order valence-electron chi connectivity index (χ0n) is 18.2. The van der Waals surface area contributed by atoms with E-state index in [4.69, 9.17) is 0 Å². The molecule has 0 aliphatic carbocycles. The van der Waals surface area contributed by atoms with E-state index in [1.807, 2.05) is 49.4 Å².